The molecule has 3 N–H and O–H groups in total. The standard InChI is InChI=1S/C24H22N4O4/c1-31-18-7-3-15(4-8-18)12-23-26-19-9-6-17(13-20(19)27-23)24(30)28-25-14-16-5-10-21(29)22(11-16)32-2/h3-11,13-14,29H,12H2,1-2H3,(H,26,27)(H,28,30)/b25-14-. The number of phenolic OH excluding ortho intramolecular Hbond substituents is 1. The van der Waals surface area contributed by atoms with E-state index in [1.807, 2.05) is 24.3 Å². The van der Waals surface area contributed by atoms with Gasteiger partial charge in [0.2, 0.25) is 0 Å². The van der Waals surface area contributed by atoms with Crippen LogP contribution in [-0.2, 0) is 6.42 Å². The molecule has 0 radical (unpaired) electrons. The van der Waals surface area contributed by atoms with Gasteiger partial charge in [0.15, 0.2) is 11.5 Å². The van der Waals surface area contributed by atoms with Crippen molar-refractivity contribution in [3.63, 3.8) is 0 Å². The molecule has 1 aromatic heterocycles. The van der Waals surface area contributed by atoms with Gasteiger partial charge in [0.05, 0.1) is 31.5 Å². The molecule has 0 saturated carbocycles. The lowest BCUT2D eigenvalue weighted by molar-refractivity contribution is 0.0955. The molecule has 0 aliphatic heterocycles. The van der Waals surface area contributed by atoms with Gasteiger partial charge in [-0.15, -0.1) is 0 Å². The Hall–Kier alpha value is -4.33. The number of hydrazone groups is 1. The second kappa shape index (κ2) is 9.22. The fraction of sp³-hybridized carbons (Fsp3) is 0.125. The van der Waals surface area contributed by atoms with Crippen LogP contribution in [0.3, 0.4) is 0 Å². The quantitative estimate of drug-likeness (QED) is 0.306. The molecule has 3 aromatic carbocycles. The Balaban J connectivity index is 1.44. The average Bonchev–Trinajstić information content (AvgIpc) is 3.22. The van der Waals surface area contributed by atoms with Gasteiger partial charge in [-0.1, -0.05) is 12.1 Å². The molecule has 8 heteroatoms. The highest BCUT2D eigenvalue weighted by Crippen LogP contribution is 2.25. The lowest BCUT2D eigenvalue weighted by Gasteiger charge is -2.03. The Kier molecular flexibility index (Phi) is 6.03. The summed E-state index contributed by atoms with van der Waals surface area (Å²) in [5, 5.41) is 13.6. The summed E-state index contributed by atoms with van der Waals surface area (Å²) >= 11 is 0. The van der Waals surface area contributed by atoms with E-state index in [9.17, 15) is 9.90 Å². The Morgan fingerprint density at radius 1 is 1.09 bits per heavy atom. The maximum atomic E-state index is 12.5. The second-order valence-electron chi connectivity index (χ2n) is 7.07. The van der Waals surface area contributed by atoms with E-state index in [1.165, 1.54) is 19.4 Å². The van der Waals surface area contributed by atoms with Crippen molar-refractivity contribution in [1.29, 1.82) is 0 Å². The summed E-state index contributed by atoms with van der Waals surface area (Å²) in [4.78, 5) is 20.3. The van der Waals surface area contributed by atoms with Gasteiger partial charge in [0.1, 0.15) is 11.6 Å². The number of amides is 1. The molecule has 0 bridgehead atoms. The van der Waals surface area contributed by atoms with Crippen LogP contribution < -0.4 is 14.9 Å². The van der Waals surface area contributed by atoms with E-state index in [1.54, 1.807) is 37.4 Å². The highest BCUT2D eigenvalue weighted by molar-refractivity contribution is 5.97. The number of H-pyrrole nitrogens is 1. The molecule has 0 spiro atoms. The molecular formula is C24H22N4O4. The molecule has 32 heavy (non-hydrogen) atoms. The van der Waals surface area contributed by atoms with E-state index in [4.69, 9.17) is 9.47 Å². The highest BCUT2D eigenvalue weighted by atomic mass is 16.5. The zero-order chi connectivity index (χ0) is 22.5. The number of hydrogen-bond donors (Lipinski definition) is 3. The zero-order valence-corrected chi connectivity index (χ0v) is 17.6. The minimum atomic E-state index is -0.347. The SMILES string of the molecule is COc1ccc(Cc2nc3ccc(C(=O)N/N=C\c4ccc(O)c(OC)c4)cc3[nH]2)cc1. The van der Waals surface area contributed by atoms with Crippen molar-refractivity contribution in [2.24, 2.45) is 5.10 Å². The summed E-state index contributed by atoms with van der Waals surface area (Å²) in [5.41, 5.74) is 6.29. The molecule has 1 amide bonds. The van der Waals surface area contributed by atoms with E-state index < -0.39 is 0 Å². The van der Waals surface area contributed by atoms with Crippen molar-refractivity contribution in [3.8, 4) is 17.2 Å². The van der Waals surface area contributed by atoms with Crippen molar-refractivity contribution in [2.75, 3.05) is 14.2 Å². The molecule has 0 aliphatic carbocycles. The van der Waals surface area contributed by atoms with Gasteiger partial charge >= 0.3 is 0 Å². The van der Waals surface area contributed by atoms with Crippen LogP contribution in [0.2, 0.25) is 0 Å². The number of methoxy groups -OCH3 is 2. The van der Waals surface area contributed by atoms with Crippen LogP contribution in [0.1, 0.15) is 27.3 Å². The minimum Gasteiger partial charge on any atom is -0.504 e. The van der Waals surface area contributed by atoms with Gasteiger partial charge in [-0.3, -0.25) is 4.79 Å². The van der Waals surface area contributed by atoms with Crippen molar-refractivity contribution in [1.82, 2.24) is 15.4 Å². The van der Waals surface area contributed by atoms with Crippen molar-refractivity contribution < 1.29 is 19.4 Å². The summed E-state index contributed by atoms with van der Waals surface area (Å²) in [6.07, 6.45) is 2.11. The number of carbonyl (C=O) groups is 1. The number of ether oxygens (including phenoxy) is 2. The predicted octanol–water partition coefficient (Wildman–Crippen LogP) is 3.64. The summed E-state index contributed by atoms with van der Waals surface area (Å²) in [6.45, 7) is 0. The van der Waals surface area contributed by atoms with E-state index in [2.05, 4.69) is 20.5 Å². The van der Waals surface area contributed by atoms with Crippen LogP contribution >= 0.6 is 0 Å². The van der Waals surface area contributed by atoms with Crippen molar-refractivity contribution in [3.05, 3.63) is 83.2 Å². The summed E-state index contributed by atoms with van der Waals surface area (Å²) in [6, 6.07) is 17.8. The maximum absolute atomic E-state index is 12.5. The number of fused-ring (bicyclic) bond motifs is 1. The van der Waals surface area contributed by atoms with E-state index in [0.29, 0.717) is 23.3 Å². The monoisotopic (exact) mass is 430 g/mol. The van der Waals surface area contributed by atoms with Gasteiger partial charge < -0.3 is 19.6 Å². The Labute approximate surface area is 184 Å². The Morgan fingerprint density at radius 3 is 2.66 bits per heavy atom. The van der Waals surface area contributed by atoms with Crippen LogP contribution in [-0.4, -0.2) is 41.4 Å². The fourth-order valence-corrected chi connectivity index (χ4v) is 3.23. The number of imidazole rings is 1. The molecule has 4 aromatic rings. The molecule has 0 atom stereocenters. The normalized spacial score (nSPS) is 11.1. The number of rotatable bonds is 7. The topological polar surface area (TPSA) is 109 Å². The van der Waals surface area contributed by atoms with Crippen molar-refractivity contribution in [2.45, 2.75) is 6.42 Å². The molecule has 0 saturated heterocycles. The number of phenols is 1. The highest BCUT2D eigenvalue weighted by Gasteiger charge is 2.09. The molecular weight excluding hydrogens is 408 g/mol. The number of aromatic amines is 1. The second-order valence-corrected chi connectivity index (χ2v) is 7.07. The van der Waals surface area contributed by atoms with E-state index in [0.717, 1.165) is 28.2 Å². The summed E-state index contributed by atoms with van der Waals surface area (Å²) in [7, 11) is 3.10. The third kappa shape index (κ3) is 4.70. The first-order valence-electron chi connectivity index (χ1n) is 9.87. The first-order chi connectivity index (χ1) is 15.6. The smallest absolute Gasteiger partial charge is 0.271 e. The van der Waals surface area contributed by atoms with Crippen molar-refractivity contribution >= 4 is 23.2 Å². The number of nitrogens with one attached hydrogen (secondary N) is 2. The van der Waals surface area contributed by atoms with Crippen LogP contribution in [0.15, 0.2) is 65.8 Å². The van der Waals surface area contributed by atoms with Gasteiger partial charge in [0.25, 0.3) is 5.91 Å². The largest absolute Gasteiger partial charge is 0.504 e. The number of hydrogen-bond acceptors (Lipinski definition) is 6. The minimum absolute atomic E-state index is 0.0351. The lowest BCUT2D eigenvalue weighted by Crippen LogP contribution is -2.17. The molecule has 4 rings (SSSR count). The van der Waals surface area contributed by atoms with Gasteiger partial charge in [-0.2, -0.15) is 5.10 Å². The zero-order valence-electron chi connectivity index (χ0n) is 17.6. The molecule has 162 valence electrons. The fourth-order valence-electron chi connectivity index (χ4n) is 3.23. The van der Waals surface area contributed by atoms with Crippen LogP contribution in [0, 0.1) is 0 Å². The number of benzene rings is 3. The number of aromatic hydroxyl groups is 1. The molecule has 0 unspecified atom stereocenters. The summed E-state index contributed by atoms with van der Waals surface area (Å²) < 4.78 is 10.2. The predicted molar refractivity (Wildman–Crippen MR) is 122 cm³/mol. The van der Waals surface area contributed by atoms with Crippen LogP contribution in [0.5, 0.6) is 17.2 Å². The first kappa shape index (κ1) is 20.9. The van der Waals surface area contributed by atoms with Gasteiger partial charge in [-0.25, -0.2) is 10.4 Å². The van der Waals surface area contributed by atoms with E-state index >= 15 is 0 Å². The molecule has 1 heterocycles. The Bertz CT molecular complexity index is 1280. The first-order valence-corrected chi connectivity index (χ1v) is 9.87. The summed E-state index contributed by atoms with van der Waals surface area (Å²) in [5.74, 6) is 1.63. The average molecular weight is 430 g/mol. The Morgan fingerprint density at radius 2 is 1.91 bits per heavy atom. The third-order valence-corrected chi connectivity index (χ3v) is 4.91. The molecule has 0 fully saturated rings. The lowest BCUT2D eigenvalue weighted by atomic mass is 10.1. The van der Waals surface area contributed by atoms with E-state index in [-0.39, 0.29) is 11.7 Å². The number of carbonyl (C=O) groups excluding carboxylic acids is 1. The van der Waals surface area contributed by atoms with Gasteiger partial charge in [-0.05, 0) is 59.7 Å². The molecule has 0 aliphatic rings. The van der Waals surface area contributed by atoms with Gasteiger partial charge in [0, 0.05) is 12.0 Å². The molecule has 8 nitrogen and oxygen atoms in total. The third-order valence-electron chi connectivity index (χ3n) is 4.91. The number of aromatic nitrogens is 2. The number of nitrogens with zero attached hydrogens (tertiary/aromatic N) is 2. The van der Waals surface area contributed by atoms with Crippen LogP contribution in [0.4, 0.5) is 0 Å². The van der Waals surface area contributed by atoms with Crippen LogP contribution in [0.25, 0.3) is 11.0 Å². The maximum Gasteiger partial charge on any atom is 0.271 e.